The highest BCUT2D eigenvalue weighted by molar-refractivity contribution is 7.10. The minimum Gasteiger partial charge on any atom is -0.462 e. The second-order valence-electron chi connectivity index (χ2n) is 12.2. The van der Waals surface area contributed by atoms with Crippen molar-refractivity contribution in [1.29, 1.82) is 5.26 Å². The van der Waals surface area contributed by atoms with E-state index in [4.69, 9.17) is 9.72 Å². The molecular weight excluding hydrogens is 661 g/mol. The lowest BCUT2D eigenvalue weighted by Gasteiger charge is -2.41. The average molecular weight is 700 g/mol. The number of aromatic nitrogens is 5. The quantitative estimate of drug-likeness (QED) is 0.180. The number of benzene rings is 2. The third kappa shape index (κ3) is 6.88. The molecule has 2 unspecified atom stereocenters. The summed E-state index contributed by atoms with van der Waals surface area (Å²) in [6, 6.07) is 9.07. The fraction of sp³-hybridized carbons (Fsp3) is 0.389. The van der Waals surface area contributed by atoms with E-state index in [0.717, 1.165) is 41.9 Å². The average Bonchev–Trinajstić information content (AvgIpc) is 3.92. The van der Waals surface area contributed by atoms with Crippen molar-refractivity contribution < 1.29 is 18.3 Å². The summed E-state index contributed by atoms with van der Waals surface area (Å²) >= 11 is 1.22. The molecule has 7 rings (SSSR count). The Morgan fingerprint density at radius 1 is 1.16 bits per heavy atom. The van der Waals surface area contributed by atoms with Crippen molar-refractivity contribution in [3.05, 3.63) is 64.3 Å². The van der Waals surface area contributed by atoms with Crippen molar-refractivity contribution in [2.45, 2.75) is 52.1 Å². The topological polar surface area (TPSA) is 127 Å². The van der Waals surface area contributed by atoms with Crippen LogP contribution < -0.4 is 9.64 Å². The third-order valence-electron chi connectivity index (χ3n) is 9.22. The Kier molecular flexibility index (Phi) is 10.6. The molecule has 50 heavy (non-hydrogen) atoms. The number of aromatic amines is 1. The van der Waals surface area contributed by atoms with Crippen molar-refractivity contribution >= 4 is 50.9 Å². The molecule has 2 fully saturated rings. The van der Waals surface area contributed by atoms with E-state index in [-0.39, 0.29) is 43.6 Å². The highest BCUT2D eigenvalue weighted by Crippen LogP contribution is 2.38. The smallest absolute Gasteiger partial charge is 0.319 e. The number of hydrogen-bond acceptors (Lipinski definition) is 10. The largest absolute Gasteiger partial charge is 0.462 e. The fourth-order valence-corrected chi connectivity index (χ4v) is 7.23. The van der Waals surface area contributed by atoms with E-state index in [1.54, 1.807) is 23.7 Å². The number of likely N-dealkylation sites (tertiary alicyclic amines) is 1. The standard InChI is InChI=1S/C34H33F2N9O2S.C2H6/c1-20-5-8-27-25(17-39-42-27)29(20)23-6-7-24-31(30(23)36)40-34(47-19-22-4-3-12-43(22)2)41-32(24)44-13-14-45(21(18-44)9-10-37)33(46)26(35)16-28-38-11-15-48-28;1-2/h5-8,11,15-17,21-22H,3-4,9,12-14,18-19H2,1-2H3,(H,39,42);1-2H3/b26-16-;. The van der Waals surface area contributed by atoms with Gasteiger partial charge in [-0.05, 0) is 56.6 Å². The number of halogens is 2. The number of fused-ring (bicyclic) bond motifs is 2. The van der Waals surface area contributed by atoms with Crippen LogP contribution in [-0.2, 0) is 4.79 Å². The number of H-pyrrole nitrogens is 1. The number of nitrogens with zero attached hydrogens (tertiary/aromatic N) is 8. The number of hydrogen-bond donors (Lipinski definition) is 1. The van der Waals surface area contributed by atoms with Gasteiger partial charge in [0.05, 0.1) is 30.2 Å². The van der Waals surface area contributed by atoms with Crippen LogP contribution in [0.1, 0.15) is 43.7 Å². The van der Waals surface area contributed by atoms with E-state index in [2.05, 4.69) is 31.1 Å². The molecule has 2 saturated heterocycles. The summed E-state index contributed by atoms with van der Waals surface area (Å²) in [4.78, 5) is 32.1. The van der Waals surface area contributed by atoms with Crippen LogP contribution >= 0.6 is 11.3 Å². The van der Waals surface area contributed by atoms with Crippen LogP contribution in [0.5, 0.6) is 6.01 Å². The number of aryl methyl sites for hydroxylation is 1. The van der Waals surface area contributed by atoms with Gasteiger partial charge < -0.3 is 19.4 Å². The number of piperazine rings is 1. The molecular formula is C36H39F2N9O2S. The van der Waals surface area contributed by atoms with Crippen LogP contribution in [0.3, 0.4) is 0 Å². The van der Waals surface area contributed by atoms with Crippen molar-refractivity contribution in [3.63, 3.8) is 0 Å². The molecule has 0 saturated carbocycles. The maximum Gasteiger partial charge on any atom is 0.319 e. The Hall–Kier alpha value is -5.00. The van der Waals surface area contributed by atoms with Crippen molar-refractivity contribution in [2.75, 3.05) is 44.7 Å². The van der Waals surface area contributed by atoms with Crippen LogP contribution in [0, 0.1) is 24.1 Å². The minimum absolute atomic E-state index is 0.0281. The zero-order valence-corrected chi connectivity index (χ0v) is 29.3. The normalized spacial score (nSPS) is 18.3. The Bertz CT molecular complexity index is 2060. The Morgan fingerprint density at radius 2 is 2.00 bits per heavy atom. The monoisotopic (exact) mass is 699 g/mol. The number of thiazole rings is 1. The highest BCUT2D eigenvalue weighted by atomic mass is 32.1. The number of nitriles is 1. The Balaban J connectivity index is 0.00000212. The van der Waals surface area contributed by atoms with Gasteiger partial charge in [0.25, 0.3) is 5.91 Å². The number of rotatable bonds is 8. The van der Waals surface area contributed by atoms with E-state index in [1.165, 1.54) is 22.4 Å². The van der Waals surface area contributed by atoms with Crippen molar-refractivity contribution in [1.82, 2.24) is 34.9 Å². The molecule has 5 heterocycles. The van der Waals surface area contributed by atoms with E-state index >= 15 is 8.78 Å². The Morgan fingerprint density at radius 3 is 2.74 bits per heavy atom. The number of carbonyl (C=O) groups excluding carboxylic acids is 1. The fourth-order valence-electron chi connectivity index (χ4n) is 6.68. The third-order valence-corrected chi connectivity index (χ3v) is 9.94. The second kappa shape index (κ2) is 15.3. The molecule has 0 bridgehead atoms. The van der Waals surface area contributed by atoms with Crippen LogP contribution in [0.4, 0.5) is 14.6 Å². The predicted molar refractivity (Wildman–Crippen MR) is 191 cm³/mol. The molecule has 14 heteroatoms. The molecule has 11 nitrogen and oxygen atoms in total. The molecule has 0 spiro atoms. The van der Waals surface area contributed by atoms with Gasteiger partial charge in [-0.25, -0.2) is 13.8 Å². The number of carbonyl (C=O) groups is 1. The van der Waals surface area contributed by atoms with Crippen LogP contribution in [0.15, 0.2) is 47.9 Å². The predicted octanol–water partition coefficient (Wildman–Crippen LogP) is 6.52. The summed E-state index contributed by atoms with van der Waals surface area (Å²) in [7, 11) is 2.05. The number of likely N-dealkylation sites (N-methyl/N-ethyl adjacent to an activating group) is 1. The summed E-state index contributed by atoms with van der Waals surface area (Å²) in [5, 5.41) is 20.1. The molecule has 0 aliphatic carbocycles. The zero-order valence-electron chi connectivity index (χ0n) is 28.5. The maximum atomic E-state index is 16.8. The van der Waals surface area contributed by atoms with Gasteiger partial charge >= 0.3 is 6.01 Å². The molecule has 2 atom stereocenters. The van der Waals surface area contributed by atoms with E-state index < -0.39 is 23.6 Å². The van der Waals surface area contributed by atoms with E-state index in [0.29, 0.717) is 33.9 Å². The summed E-state index contributed by atoms with van der Waals surface area (Å²) in [6.07, 6.45) is 6.34. The molecule has 2 aliphatic rings. The lowest BCUT2D eigenvalue weighted by molar-refractivity contribution is -0.131. The molecule has 2 aromatic carbocycles. The summed E-state index contributed by atoms with van der Waals surface area (Å²) in [6.45, 7) is 7.82. The van der Waals surface area contributed by atoms with Gasteiger partial charge in [0.1, 0.15) is 22.9 Å². The van der Waals surface area contributed by atoms with Gasteiger partial charge in [-0.3, -0.25) is 9.89 Å². The molecule has 2 aliphatic heterocycles. The lowest BCUT2D eigenvalue weighted by Crippen LogP contribution is -2.55. The second-order valence-corrected chi connectivity index (χ2v) is 13.1. The first kappa shape index (κ1) is 34.8. The van der Waals surface area contributed by atoms with E-state index in [9.17, 15) is 10.1 Å². The number of ether oxygens (including phenoxy) is 1. The molecule has 3 aromatic heterocycles. The first-order valence-electron chi connectivity index (χ1n) is 16.8. The van der Waals surface area contributed by atoms with Crippen molar-refractivity contribution in [3.8, 4) is 23.2 Å². The van der Waals surface area contributed by atoms with Gasteiger partial charge in [-0.2, -0.15) is 20.3 Å². The van der Waals surface area contributed by atoms with Gasteiger partial charge in [0.2, 0.25) is 0 Å². The summed E-state index contributed by atoms with van der Waals surface area (Å²) in [5.74, 6) is -1.85. The summed E-state index contributed by atoms with van der Waals surface area (Å²) < 4.78 is 38.0. The maximum absolute atomic E-state index is 16.8. The molecule has 1 N–H and O–H groups in total. The molecule has 260 valence electrons. The SMILES string of the molecule is CC.Cc1ccc2[nH]ncc2c1-c1ccc2c(N3CCN(C(=O)/C(F)=C/c4nccs4)C(CC#N)C3)nc(OCC3CCCN3C)nc2c1F. The number of amides is 1. The Labute approximate surface area is 293 Å². The van der Waals surface area contributed by atoms with Crippen LogP contribution in [0.2, 0.25) is 0 Å². The van der Waals surface area contributed by atoms with Gasteiger partial charge in [0, 0.05) is 59.7 Å². The number of nitrogens with one attached hydrogen (secondary N) is 1. The minimum atomic E-state index is -0.945. The van der Waals surface area contributed by atoms with Crippen LogP contribution in [0.25, 0.3) is 39.0 Å². The molecule has 1 amide bonds. The van der Waals surface area contributed by atoms with E-state index in [1.807, 2.05) is 44.9 Å². The highest BCUT2D eigenvalue weighted by Gasteiger charge is 2.34. The molecule has 5 aromatic rings. The lowest BCUT2D eigenvalue weighted by atomic mass is 9.95. The summed E-state index contributed by atoms with van der Waals surface area (Å²) in [5.41, 5.74) is 2.86. The first-order valence-corrected chi connectivity index (χ1v) is 17.7. The van der Waals surface area contributed by atoms with Gasteiger partial charge in [-0.1, -0.05) is 26.0 Å². The zero-order chi connectivity index (χ0) is 35.4. The van der Waals surface area contributed by atoms with Gasteiger partial charge in [0.15, 0.2) is 11.6 Å². The van der Waals surface area contributed by atoms with Gasteiger partial charge in [-0.15, -0.1) is 11.3 Å². The first-order chi connectivity index (χ1) is 24.3. The van der Waals surface area contributed by atoms with Crippen molar-refractivity contribution in [2.24, 2.45) is 0 Å². The molecule has 0 radical (unpaired) electrons. The van der Waals surface area contributed by atoms with Crippen LogP contribution in [-0.4, -0.2) is 92.8 Å². The number of anilines is 1.